The Morgan fingerprint density at radius 3 is 1.79 bits per heavy atom. The third kappa shape index (κ3) is 8.64. The van der Waals surface area contributed by atoms with Crippen molar-refractivity contribution < 1.29 is 28.5 Å². The zero-order chi connectivity index (χ0) is 21.1. The van der Waals surface area contributed by atoms with Gasteiger partial charge in [0.05, 0.1) is 38.1 Å². The molecule has 0 aromatic rings. The van der Waals surface area contributed by atoms with Crippen molar-refractivity contribution in [2.24, 2.45) is 0 Å². The van der Waals surface area contributed by atoms with Crippen LogP contribution in [0.2, 0.25) is 0 Å². The van der Waals surface area contributed by atoms with E-state index in [0.29, 0.717) is 30.4 Å². The molecule has 3 atom stereocenters. The number of hydrogen-bond acceptors (Lipinski definition) is 6. The smallest absolute Gasteiger partial charge is 0.409 e. The molecule has 0 aliphatic carbocycles. The first-order valence-electron chi connectivity index (χ1n) is 10.5. The summed E-state index contributed by atoms with van der Waals surface area (Å²) in [5.41, 5.74) is 0. The molecule has 3 rings (SSSR count). The number of methoxy groups -OCH3 is 2. The molecule has 7 heteroatoms. The molecule has 7 nitrogen and oxygen atoms in total. The second-order valence-electron chi connectivity index (χ2n) is 8.12. The first-order valence-corrected chi connectivity index (χ1v) is 10.5. The van der Waals surface area contributed by atoms with E-state index >= 15 is 0 Å². The predicted molar refractivity (Wildman–Crippen MR) is 109 cm³/mol. The molecule has 3 heterocycles. The number of fused-ring (bicyclic) bond motifs is 2. The molecular formula is C21H41NO6. The summed E-state index contributed by atoms with van der Waals surface area (Å²) in [6.07, 6.45) is 6.31. The highest BCUT2D eigenvalue weighted by Crippen LogP contribution is 2.37. The molecule has 1 amide bonds. The molecular weight excluding hydrogens is 362 g/mol. The Bertz CT molecular complexity index is 411. The monoisotopic (exact) mass is 403 g/mol. The topological polar surface area (TPSA) is 66.5 Å². The van der Waals surface area contributed by atoms with Crippen LogP contribution in [0.3, 0.4) is 0 Å². The minimum atomic E-state index is -0.171. The highest BCUT2D eigenvalue weighted by atomic mass is 16.6. The van der Waals surface area contributed by atoms with Crippen molar-refractivity contribution in [2.75, 3.05) is 34.5 Å². The van der Waals surface area contributed by atoms with Gasteiger partial charge in [-0.05, 0) is 59.8 Å². The van der Waals surface area contributed by atoms with Gasteiger partial charge in [0.25, 0.3) is 0 Å². The minimum absolute atomic E-state index is 0.171. The Labute approximate surface area is 171 Å². The van der Waals surface area contributed by atoms with Crippen LogP contribution in [0.1, 0.15) is 59.8 Å². The maximum atomic E-state index is 11.6. The van der Waals surface area contributed by atoms with Gasteiger partial charge in [-0.3, -0.25) is 0 Å². The van der Waals surface area contributed by atoms with Crippen LogP contribution in [0, 0.1) is 0 Å². The fourth-order valence-electron chi connectivity index (χ4n) is 4.03. The summed E-state index contributed by atoms with van der Waals surface area (Å²) in [7, 11) is 4.71. The normalized spacial score (nSPS) is 28.5. The molecule has 0 saturated carbocycles. The number of ether oxygens (including phenoxy) is 5. The first kappa shape index (κ1) is 25.1. The van der Waals surface area contributed by atoms with Crippen LogP contribution >= 0.6 is 0 Å². The molecule has 0 aromatic heterocycles. The van der Waals surface area contributed by atoms with Gasteiger partial charge >= 0.3 is 6.09 Å². The van der Waals surface area contributed by atoms with Crippen molar-refractivity contribution in [3.8, 4) is 0 Å². The average molecular weight is 404 g/mol. The van der Waals surface area contributed by atoms with Crippen LogP contribution in [0.5, 0.6) is 0 Å². The second kappa shape index (κ2) is 13.4. The maximum Gasteiger partial charge on any atom is 0.409 e. The molecule has 3 aliphatic heterocycles. The molecule has 0 aromatic carbocycles. The zero-order valence-corrected chi connectivity index (χ0v) is 18.8. The Kier molecular flexibility index (Phi) is 12.0. The third-order valence-corrected chi connectivity index (χ3v) is 4.89. The predicted octanol–water partition coefficient (Wildman–Crippen LogP) is 3.64. The zero-order valence-electron chi connectivity index (χ0n) is 18.8. The van der Waals surface area contributed by atoms with E-state index in [9.17, 15) is 4.79 Å². The van der Waals surface area contributed by atoms with Crippen molar-refractivity contribution in [1.29, 1.82) is 0 Å². The Morgan fingerprint density at radius 1 is 0.893 bits per heavy atom. The van der Waals surface area contributed by atoms with Gasteiger partial charge in [0.15, 0.2) is 0 Å². The lowest BCUT2D eigenvalue weighted by molar-refractivity contribution is -0.0439. The van der Waals surface area contributed by atoms with Gasteiger partial charge in [-0.25, -0.2) is 4.79 Å². The van der Waals surface area contributed by atoms with Gasteiger partial charge in [0, 0.05) is 32.9 Å². The highest BCUT2D eigenvalue weighted by molar-refractivity contribution is 5.69. The van der Waals surface area contributed by atoms with Crippen molar-refractivity contribution in [2.45, 2.75) is 96.3 Å². The number of amides is 1. The Morgan fingerprint density at radius 2 is 1.39 bits per heavy atom. The SMILES string of the molecule is CC(C)OC1CCOC1.COC.COC(=O)N1C2CCC1CC(OC(C)C)C2. The second-order valence-corrected chi connectivity index (χ2v) is 8.12. The molecule has 28 heavy (non-hydrogen) atoms. The van der Waals surface area contributed by atoms with Crippen molar-refractivity contribution in [3.05, 3.63) is 0 Å². The van der Waals surface area contributed by atoms with Crippen LogP contribution < -0.4 is 0 Å². The summed E-state index contributed by atoms with van der Waals surface area (Å²) in [6.45, 7) is 9.90. The lowest BCUT2D eigenvalue weighted by atomic mass is 10.00. The molecule has 3 aliphatic rings. The fraction of sp³-hybridized carbons (Fsp3) is 0.952. The summed E-state index contributed by atoms with van der Waals surface area (Å²) < 4.78 is 25.6. The van der Waals surface area contributed by atoms with Crippen LogP contribution in [-0.2, 0) is 23.7 Å². The average Bonchev–Trinajstić information content (AvgIpc) is 3.20. The fourth-order valence-corrected chi connectivity index (χ4v) is 4.03. The van der Waals surface area contributed by atoms with E-state index < -0.39 is 0 Å². The number of nitrogens with zero attached hydrogens (tertiary/aromatic N) is 1. The number of hydrogen-bond donors (Lipinski definition) is 0. The van der Waals surface area contributed by atoms with E-state index in [1.807, 2.05) is 4.90 Å². The van der Waals surface area contributed by atoms with E-state index in [1.54, 1.807) is 14.2 Å². The Balaban J connectivity index is 0.000000276. The lowest BCUT2D eigenvalue weighted by Gasteiger charge is -2.38. The standard InChI is InChI=1S/C12H21NO3.C7H14O2.C2H6O/c1-8(2)16-11-6-9-4-5-10(7-11)13(9)12(14)15-3;1-6(2)9-7-3-4-8-5-7;1-3-2/h8-11H,4-7H2,1-3H3;6-7H,3-5H2,1-2H3;1-2H3. The van der Waals surface area contributed by atoms with Gasteiger partial charge in [0.2, 0.25) is 0 Å². The minimum Gasteiger partial charge on any atom is -0.453 e. The third-order valence-electron chi connectivity index (χ3n) is 4.89. The number of rotatable bonds is 4. The highest BCUT2D eigenvalue weighted by Gasteiger charge is 2.44. The van der Waals surface area contributed by atoms with Crippen molar-refractivity contribution in [1.82, 2.24) is 4.90 Å². The van der Waals surface area contributed by atoms with E-state index in [-0.39, 0.29) is 12.2 Å². The molecule has 3 saturated heterocycles. The van der Waals surface area contributed by atoms with Crippen molar-refractivity contribution in [3.63, 3.8) is 0 Å². The van der Waals surface area contributed by atoms with Gasteiger partial charge in [-0.15, -0.1) is 0 Å². The molecule has 166 valence electrons. The number of carbonyl (C=O) groups excluding carboxylic acids is 1. The van der Waals surface area contributed by atoms with E-state index in [2.05, 4.69) is 32.4 Å². The van der Waals surface area contributed by atoms with Crippen LogP contribution in [0.25, 0.3) is 0 Å². The first-order chi connectivity index (χ1) is 13.3. The summed E-state index contributed by atoms with van der Waals surface area (Å²) in [5.74, 6) is 0. The summed E-state index contributed by atoms with van der Waals surface area (Å²) >= 11 is 0. The molecule has 0 N–H and O–H groups in total. The van der Waals surface area contributed by atoms with E-state index in [0.717, 1.165) is 45.3 Å². The maximum absolute atomic E-state index is 11.6. The summed E-state index contributed by atoms with van der Waals surface area (Å²) in [4.78, 5) is 13.5. The van der Waals surface area contributed by atoms with Gasteiger partial charge in [-0.2, -0.15) is 0 Å². The molecule has 3 unspecified atom stereocenters. The van der Waals surface area contributed by atoms with Crippen molar-refractivity contribution >= 4 is 6.09 Å². The lowest BCUT2D eigenvalue weighted by Crippen LogP contribution is -2.48. The number of piperidine rings is 1. The Hall–Kier alpha value is -0.890. The van der Waals surface area contributed by atoms with Crippen LogP contribution in [-0.4, -0.2) is 82.0 Å². The van der Waals surface area contributed by atoms with Crippen LogP contribution in [0.4, 0.5) is 4.79 Å². The van der Waals surface area contributed by atoms with E-state index in [4.69, 9.17) is 18.9 Å². The summed E-state index contributed by atoms with van der Waals surface area (Å²) in [5, 5.41) is 0. The largest absolute Gasteiger partial charge is 0.453 e. The summed E-state index contributed by atoms with van der Waals surface area (Å²) in [6, 6.07) is 0.657. The van der Waals surface area contributed by atoms with Crippen LogP contribution in [0.15, 0.2) is 0 Å². The van der Waals surface area contributed by atoms with Gasteiger partial charge in [0.1, 0.15) is 0 Å². The number of carbonyl (C=O) groups is 1. The quantitative estimate of drug-likeness (QED) is 0.714. The molecule has 3 fully saturated rings. The molecule has 0 spiro atoms. The van der Waals surface area contributed by atoms with E-state index in [1.165, 1.54) is 7.11 Å². The molecule has 0 radical (unpaired) electrons. The van der Waals surface area contributed by atoms with Gasteiger partial charge in [-0.1, -0.05) is 0 Å². The van der Waals surface area contributed by atoms with Gasteiger partial charge < -0.3 is 28.6 Å². The molecule has 2 bridgehead atoms.